The van der Waals surface area contributed by atoms with Gasteiger partial charge in [0, 0.05) is 52.7 Å². The quantitative estimate of drug-likeness (QED) is 0.758. The van der Waals surface area contributed by atoms with Gasteiger partial charge in [0.25, 0.3) is 0 Å². The zero-order valence-corrected chi connectivity index (χ0v) is 13.8. The van der Waals surface area contributed by atoms with Gasteiger partial charge in [-0.05, 0) is 29.2 Å². The van der Waals surface area contributed by atoms with Crippen LogP contribution >= 0.6 is 0 Å². The molecule has 0 radical (unpaired) electrons. The summed E-state index contributed by atoms with van der Waals surface area (Å²) >= 11 is 0. The van der Waals surface area contributed by atoms with Gasteiger partial charge in [-0.2, -0.15) is 0 Å². The molecule has 0 bridgehead atoms. The molecule has 0 N–H and O–H groups in total. The summed E-state index contributed by atoms with van der Waals surface area (Å²) in [6.45, 7) is 4.00. The van der Waals surface area contributed by atoms with Crippen molar-refractivity contribution in [2.24, 2.45) is 5.92 Å². The monoisotopic (exact) mass is 319 g/mol. The van der Waals surface area contributed by atoms with Crippen LogP contribution in [0.2, 0.25) is 0 Å². The highest BCUT2D eigenvalue weighted by molar-refractivity contribution is 5.29. The molecule has 1 aromatic rings. The van der Waals surface area contributed by atoms with E-state index in [-0.39, 0.29) is 5.60 Å². The van der Waals surface area contributed by atoms with Gasteiger partial charge in [-0.15, -0.1) is 12.3 Å². The van der Waals surface area contributed by atoms with Crippen molar-refractivity contribution in [1.82, 2.24) is 20.2 Å². The van der Waals surface area contributed by atoms with Crippen LogP contribution in [0, 0.1) is 18.3 Å². The highest BCUT2D eigenvalue weighted by atomic mass is 16.5. The van der Waals surface area contributed by atoms with E-state index < -0.39 is 0 Å². The second-order valence-corrected chi connectivity index (χ2v) is 6.50. The molecule has 7 nitrogen and oxygen atoms in total. The second kappa shape index (κ2) is 7.28. The van der Waals surface area contributed by atoms with E-state index in [0.29, 0.717) is 12.5 Å². The molecule has 2 saturated heterocycles. The van der Waals surface area contributed by atoms with Gasteiger partial charge in [0.2, 0.25) is 5.95 Å². The van der Waals surface area contributed by atoms with Crippen LogP contribution < -0.4 is 4.90 Å². The Morgan fingerprint density at radius 1 is 1.43 bits per heavy atom. The van der Waals surface area contributed by atoms with Crippen molar-refractivity contribution in [1.29, 1.82) is 0 Å². The number of ether oxygens (including phenoxy) is 2. The molecule has 0 amide bonds. The lowest BCUT2D eigenvalue weighted by Crippen LogP contribution is -2.44. The van der Waals surface area contributed by atoms with Crippen LogP contribution in [0.5, 0.6) is 0 Å². The summed E-state index contributed by atoms with van der Waals surface area (Å²) in [4.78, 5) is 2.26. The Kier molecular flexibility index (Phi) is 5.13. The molecule has 0 saturated carbocycles. The minimum Gasteiger partial charge on any atom is -0.381 e. The number of aromatic nitrogens is 4. The van der Waals surface area contributed by atoms with E-state index in [2.05, 4.69) is 26.3 Å². The summed E-state index contributed by atoms with van der Waals surface area (Å²) in [6.07, 6.45) is 10.3. The Labute approximate surface area is 137 Å². The molecular formula is C16H25N5O2. The topological polar surface area (TPSA) is 65.3 Å². The van der Waals surface area contributed by atoms with Gasteiger partial charge in [0.15, 0.2) is 0 Å². The number of hydrogen-bond acceptors (Lipinski definition) is 6. The molecule has 2 aliphatic rings. The Hall–Kier alpha value is -1.65. The van der Waals surface area contributed by atoms with E-state index in [0.717, 1.165) is 57.9 Å². The number of rotatable bonds is 5. The first-order valence-corrected chi connectivity index (χ1v) is 8.34. The van der Waals surface area contributed by atoms with E-state index in [9.17, 15) is 0 Å². The summed E-state index contributed by atoms with van der Waals surface area (Å²) in [7, 11) is 1.76. The van der Waals surface area contributed by atoms with E-state index in [4.69, 9.17) is 15.9 Å². The van der Waals surface area contributed by atoms with Crippen LogP contribution in [0.4, 0.5) is 5.95 Å². The summed E-state index contributed by atoms with van der Waals surface area (Å²) in [5.41, 5.74) is -0.240. The average molecular weight is 319 g/mol. The molecule has 7 heteroatoms. The number of nitrogens with zero attached hydrogens (tertiary/aromatic N) is 5. The third-order valence-corrected chi connectivity index (χ3v) is 5.00. The molecule has 0 aromatic carbocycles. The molecule has 0 aliphatic carbocycles. The minimum absolute atomic E-state index is 0.240. The predicted octanol–water partition coefficient (Wildman–Crippen LogP) is 1.11. The van der Waals surface area contributed by atoms with Gasteiger partial charge in [-0.1, -0.05) is 5.10 Å². The van der Waals surface area contributed by atoms with Crippen LogP contribution in [0.25, 0.3) is 0 Å². The van der Waals surface area contributed by atoms with E-state index in [1.807, 2.05) is 4.68 Å². The summed E-state index contributed by atoms with van der Waals surface area (Å²) in [5, 5.41) is 12.4. The van der Waals surface area contributed by atoms with Crippen molar-refractivity contribution in [2.45, 2.75) is 44.2 Å². The average Bonchev–Trinajstić information content (AvgIpc) is 3.04. The number of piperidine rings is 1. The van der Waals surface area contributed by atoms with Gasteiger partial charge < -0.3 is 14.4 Å². The highest BCUT2D eigenvalue weighted by Crippen LogP contribution is 2.29. The lowest BCUT2D eigenvalue weighted by atomic mass is 9.94. The fourth-order valence-corrected chi connectivity index (χ4v) is 3.55. The number of hydrogen-bond donors (Lipinski definition) is 0. The van der Waals surface area contributed by atoms with Crippen LogP contribution in [-0.2, 0) is 16.0 Å². The van der Waals surface area contributed by atoms with Gasteiger partial charge >= 0.3 is 0 Å². The van der Waals surface area contributed by atoms with Gasteiger partial charge in [0.05, 0.1) is 12.1 Å². The van der Waals surface area contributed by atoms with Crippen molar-refractivity contribution in [2.75, 3.05) is 38.3 Å². The molecule has 1 unspecified atom stereocenters. The minimum atomic E-state index is -0.240. The first kappa shape index (κ1) is 16.2. The SMILES string of the molecule is C#CCC1CCCN(c2nnnn2CC2(OC)CCOCC2)C1. The van der Waals surface area contributed by atoms with Crippen LogP contribution in [-0.4, -0.2) is 59.2 Å². The fourth-order valence-electron chi connectivity index (χ4n) is 3.55. The van der Waals surface area contributed by atoms with E-state index in [1.165, 1.54) is 6.42 Å². The first-order valence-electron chi connectivity index (χ1n) is 8.34. The zero-order valence-electron chi connectivity index (χ0n) is 13.8. The normalized spacial score (nSPS) is 24.3. The maximum Gasteiger partial charge on any atom is 0.245 e. The Bertz CT molecular complexity index is 547. The smallest absolute Gasteiger partial charge is 0.245 e. The van der Waals surface area contributed by atoms with Crippen molar-refractivity contribution < 1.29 is 9.47 Å². The number of anilines is 1. The molecule has 23 heavy (non-hydrogen) atoms. The van der Waals surface area contributed by atoms with Crippen molar-refractivity contribution >= 4 is 5.95 Å². The maximum atomic E-state index is 5.81. The number of tetrazole rings is 1. The third-order valence-electron chi connectivity index (χ3n) is 5.00. The third kappa shape index (κ3) is 3.65. The molecule has 126 valence electrons. The highest BCUT2D eigenvalue weighted by Gasteiger charge is 2.35. The van der Waals surface area contributed by atoms with Gasteiger partial charge in [-0.3, -0.25) is 0 Å². The lowest BCUT2D eigenvalue weighted by Gasteiger charge is -2.37. The largest absolute Gasteiger partial charge is 0.381 e. The Morgan fingerprint density at radius 2 is 2.26 bits per heavy atom. The van der Waals surface area contributed by atoms with Crippen LogP contribution in [0.15, 0.2) is 0 Å². The van der Waals surface area contributed by atoms with Crippen molar-refractivity contribution in [3.05, 3.63) is 0 Å². The van der Waals surface area contributed by atoms with E-state index in [1.54, 1.807) is 7.11 Å². The van der Waals surface area contributed by atoms with Crippen LogP contribution in [0.1, 0.15) is 32.1 Å². The fraction of sp³-hybridized carbons (Fsp3) is 0.812. The summed E-state index contributed by atoms with van der Waals surface area (Å²) in [6, 6.07) is 0. The predicted molar refractivity (Wildman–Crippen MR) is 86.0 cm³/mol. The Morgan fingerprint density at radius 3 is 3.00 bits per heavy atom. The molecule has 2 aliphatic heterocycles. The summed E-state index contributed by atoms with van der Waals surface area (Å²) < 4.78 is 13.2. The maximum absolute atomic E-state index is 5.81. The molecule has 1 atom stereocenters. The van der Waals surface area contributed by atoms with E-state index >= 15 is 0 Å². The van der Waals surface area contributed by atoms with Crippen LogP contribution in [0.3, 0.4) is 0 Å². The van der Waals surface area contributed by atoms with Gasteiger partial charge in [-0.25, -0.2) is 4.68 Å². The molecule has 1 aromatic heterocycles. The standard InChI is InChI=1S/C16H25N5O2/c1-3-5-14-6-4-9-20(12-14)15-17-18-19-21(15)13-16(22-2)7-10-23-11-8-16/h1,14H,4-13H2,2H3. The molecular weight excluding hydrogens is 294 g/mol. The van der Waals surface area contributed by atoms with Crippen molar-refractivity contribution in [3.63, 3.8) is 0 Å². The lowest BCUT2D eigenvalue weighted by molar-refractivity contribution is -0.100. The van der Waals surface area contributed by atoms with Crippen molar-refractivity contribution in [3.8, 4) is 12.3 Å². The Balaban J connectivity index is 1.73. The van der Waals surface area contributed by atoms with Gasteiger partial charge in [0.1, 0.15) is 0 Å². The second-order valence-electron chi connectivity index (χ2n) is 6.50. The molecule has 0 spiro atoms. The number of terminal acetylenes is 1. The molecule has 3 rings (SSSR count). The molecule has 3 heterocycles. The summed E-state index contributed by atoms with van der Waals surface area (Å²) in [5.74, 6) is 4.13. The number of methoxy groups -OCH3 is 1. The molecule has 2 fully saturated rings. The zero-order chi connectivity index (χ0) is 16.1. The first-order chi connectivity index (χ1) is 11.3.